The number of hydrogen-bond donors (Lipinski definition) is 1. The highest BCUT2D eigenvalue weighted by Crippen LogP contribution is 2.20. The quantitative estimate of drug-likeness (QED) is 0.856. The summed E-state index contributed by atoms with van der Waals surface area (Å²) in [6.45, 7) is 6.60. The summed E-state index contributed by atoms with van der Waals surface area (Å²) in [5, 5.41) is 9.36. The van der Waals surface area contributed by atoms with Crippen LogP contribution in [0, 0.1) is 6.92 Å². The smallest absolute Gasteiger partial charge is 0.0717 e. The van der Waals surface area contributed by atoms with Crippen LogP contribution in [0.3, 0.4) is 0 Å². The average Bonchev–Trinajstić information content (AvgIpc) is 2.89. The molecule has 0 atom stereocenters. The van der Waals surface area contributed by atoms with Crippen molar-refractivity contribution in [1.82, 2.24) is 9.88 Å². The van der Waals surface area contributed by atoms with E-state index in [9.17, 15) is 5.11 Å². The molecule has 18 heavy (non-hydrogen) atoms. The van der Waals surface area contributed by atoms with Crippen LogP contribution in [-0.4, -0.2) is 48.2 Å². The predicted molar refractivity (Wildman–Crippen MR) is 73.8 cm³/mol. The zero-order valence-electron chi connectivity index (χ0n) is 11.4. The van der Waals surface area contributed by atoms with Gasteiger partial charge in [-0.3, -0.25) is 4.98 Å². The van der Waals surface area contributed by atoms with Crippen molar-refractivity contribution in [3.8, 4) is 0 Å². The van der Waals surface area contributed by atoms with Gasteiger partial charge in [0.05, 0.1) is 6.61 Å². The van der Waals surface area contributed by atoms with E-state index in [0.29, 0.717) is 0 Å². The van der Waals surface area contributed by atoms with E-state index in [1.54, 1.807) is 6.20 Å². The fraction of sp³-hybridized carbons (Fsp3) is 0.643. The molecule has 1 fully saturated rings. The van der Waals surface area contributed by atoms with Gasteiger partial charge in [-0.1, -0.05) is 0 Å². The lowest BCUT2D eigenvalue weighted by atomic mass is 10.2. The third-order valence-electron chi connectivity index (χ3n) is 3.63. The minimum atomic E-state index is 0.0522. The van der Waals surface area contributed by atoms with E-state index in [1.165, 1.54) is 25.9 Å². The van der Waals surface area contributed by atoms with Crippen LogP contribution in [-0.2, 0) is 6.61 Å². The molecule has 4 heteroatoms. The van der Waals surface area contributed by atoms with E-state index in [4.69, 9.17) is 0 Å². The van der Waals surface area contributed by atoms with Gasteiger partial charge in [0, 0.05) is 43.3 Å². The number of aliphatic hydroxyl groups excluding tert-OH is 1. The molecule has 2 rings (SSSR count). The van der Waals surface area contributed by atoms with Gasteiger partial charge in [-0.2, -0.15) is 0 Å². The molecule has 0 spiro atoms. The van der Waals surface area contributed by atoms with Crippen molar-refractivity contribution in [2.24, 2.45) is 0 Å². The molecule has 1 N–H and O–H groups in total. The molecule has 0 bridgehead atoms. The summed E-state index contributed by atoms with van der Waals surface area (Å²) in [5.74, 6) is 0. The Morgan fingerprint density at radius 1 is 1.39 bits per heavy atom. The van der Waals surface area contributed by atoms with Gasteiger partial charge in [0.2, 0.25) is 0 Å². The molecule has 100 valence electrons. The van der Waals surface area contributed by atoms with Gasteiger partial charge in [-0.15, -0.1) is 0 Å². The van der Waals surface area contributed by atoms with Crippen LogP contribution in [0.25, 0.3) is 0 Å². The van der Waals surface area contributed by atoms with Crippen molar-refractivity contribution in [3.63, 3.8) is 0 Å². The van der Waals surface area contributed by atoms with Crippen LogP contribution in [0.4, 0.5) is 5.69 Å². The highest BCUT2D eigenvalue weighted by molar-refractivity contribution is 5.52. The summed E-state index contributed by atoms with van der Waals surface area (Å²) < 4.78 is 0. The molecule has 2 heterocycles. The second-order valence-corrected chi connectivity index (χ2v) is 5.08. The Hall–Kier alpha value is -1.13. The van der Waals surface area contributed by atoms with Crippen molar-refractivity contribution in [3.05, 3.63) is 23.5 Å². The van der Waals surface area contributed by atoms with Gasteiger partial charge < -0.3 is 14.9 Å². The number of anilines is 1. The summed E-state index contributed by atoms with van der Waals surface area (Å²) in [7, 11) is 2.09. The van der Waals surface area contributed by atoms with Gasteiger partial charge >= 0.3 is 0 Å². The summed E-state index contributed by atoms with van der Waals surface area (Å²) in [6, 6.07) is 2.05. The molecule has 0 radical (unpaired) electrons. The first-order chi connectivity index (χ1) is 8.70. The normalized spacial score (nSPS) is 16.2. The van der Waals surface area contributed by atoms with Crippen LogP contribution in [0.2, 0.25) is 0 Å². The molecular formula is C14H23N3O. The number of aliphatic hydroxyl groups is 1. The van der Waals surface area contributed by atoms with E-state index in [2.05, 4.69) is 27.9 Å². The first-order valence-electron chi connectivity index (χ1n) is 6.70. The minimum Gasteiger partial charge on any atom is -0.392 e. The van der Waals surface area contributed by atoms with Crippen LogP contribution < -0.4 is 4.90 Å². The molecule has 1 saturated heterocycles. The molecule has 1 aliphatic rings. The summed E-state index contributed by atoms with van der Waals surface area (Å²) in [6.07, 6.45) is 4.44. The van der Waals surface area contributed by atoms with Crippen LogP contribution in [0.15, 0.2) is 12.3 Å². The van der Waals surface area contributed by atoms with E-state index < -0.39 is 0 Å². The highest BCUT2D eigenvalue weighted by Gasteiger charge is 2.13. The van der Waals surface area contributed by atoms with Crippen molar-refractivity contribution in [2.45, 2.75) is 26.4 Å². The Labute approximate surface area is 109 Å². The number of pyridine rings is 1. The number of likely N-dealkylation sites (tertiary alicyclic amines) is 1. The Morgan fingerprint density at radius 2 is 2.11 bits per heavy atom. The lowest BCUT2D eigenvalue weighted by molar-refractivity contribution is 0.281. The maximum atomic E-state index is 9.36. The van der Waals surface area contributed by atoms with E-state index in [0.717, 1.165) is 30.0 Å². The lowest BCUT2D eigenvalue weighted by Crippen LogP contribution is -2.31. The molecule has 4 nitrogen and oxygen atoms in total. The first kappa shape index (κ1) is 13.3. The molecule has 0 unspecified atom stereocenters. The zero-order chi connectivity index (χ0) is 13.0. The van der Waals surface area contributed by atoms with Gasteiger partial charge in [-0.05, 0) is 38.9 Å². The van der Waals surface area contributed by atoms with Crippen LogP contribution in [0.1, 0.15) is 24.1 Å². The van der Waals surface area contributed by atoms with Gasteiger partial charge in [0.25, 0.3) is 0 Å². The van der Waals surface area contributed by atoms with Gasteiger partial charge in [0.1, 0.15) is 0 Å². The van der Waals surface area contributed by atoms with Crippen LogP contribution >= 0.6 is 0 Å². The number of hydrogen-bond acceptors (Lipinski definition) is 4. The molecule has 0 amide bonds. The van der Waals surface area contributed by atoms with Crippen molar-refractivity contribution in [1.29, 1.82) is 0 Å². The fourth-order valence-corrected chi connectivity index (χ4v) is 2.47. The fourth-order valence-electron chi connectivity index (χ4n) is 2.47. The SMILES string of the molecule is Cc1cc(N(C)CCN2CCCC2)c(CO)cn1. The third-order valence-corrected chi connectivity index (χ3v) is 3.63. The molecule has 0 aromatic carbocycles. The summed E-state index contributed by atoms with van der Waals surface area (Å²) >= 11 is 0. The minimum absolute atomic E-state index is 0.0522. The Kier molecular flexibility index (Phi) is 4.55. The predicted octanol–water partition coefficient (Wildman–Crippen LogP) is 1.41. The van der Waals surface area contributed by atoms with Crippen molar-refractivity contribution < 1.29 is 5.11 Å². The van der Waals surface area contributed by atoms with Crippen molar-refractivity contribution >= 4 is 5.69 Å². The monoisotopic (exact) mass is 249 g/mol. The van der Waals surface area contributed by atoms with Gasteiger partial charge in [-0.25, -0.2) is 0 Å². The molecule has 1 aromatic heterocycles. The second kappa shape index (κ2) is 6.16. The first-order valence-corrected chi connectivity index (χ1v) is 6.70. The molecule has 0 aliphatic carbocycles. The number of rotatable bonds is 5. The molecular weight excluding hydrogens is 226 g/mol. The third kappa shape index (κ3) is 3.21. The van der Waals surface area contributed by atoms with E-state index in [1.807, 2.05) is 6.92 Å². The number of nitrogens with zero attached hydrogens (tertiary/aromatic N) is 3. The number of aromatic nitrogens is 1. The molecule has 1 aromatic rings. The topological polar surface area (TPSA) is 39.6 Å². The highest BCUT2D eigenvalue weighted by atomic mass is 16.3. The maximum Gasteiger partial charge on any atom is 0.0717 e. The maximum absolute atomic E-state index is 9.36. The Bertz CT molecular complexity index is 389. The summed E-state index contributed by atoms with van der Waals surface area (Å²) in [5.41, 5.74) is 3.00. The largest absolute Gasteiger partial charge is 0.392 e. The Balaban J connectivity index is 1.98. The number of aryl methyl sites for hydroxylation is 1. The Morgan fingerprint density at radius 3 is 2.78 bits per heavy atom. The molecule has 0 saturated carbocycles. The average molecular weight is 249 g/mol. The second-order valence-electron chi connectivity index (χ2n) is 5.08. The number of likely N-dealkylation sites (N-methyl/N-ethyl adjacent to an activating group) is 1. The molecule has 1 aliphatic heterocycles. The standard InChI is InChI=1S/C14H23N3O/c1-12-9-14(13(11-18)10-15-12)16(2)7-8-17-5-3-4-6-17/h9-10,18H,3-8,11H2,1-2H3. The van der Waals surface area contributed by atoms with Gasteiger partial charge in [0.15, 0.2) is 0 Å². The zero-order valence-corrected chi connectivity index (χ0v) is 11.4. The summed E-state index contributed by atoms with van der Waals surface area (Å²) in [4.78, 5) is 8.96. The van der Waals surface area contributed by atoms with E-state index >= 15 is 0 Å². The van der Waals surface area contributed by atoms with Crippen LogP contribution in [0.5, 0.6) is 0 Å². The van der Waals surface area contributed by atoms with Crippen molar-refractivity contribution in [2.75, 3.05) is 38.1 Å². The lowest BCUT2D eigenvalue weighted by Gasteiger charge is -2.25. The van der Waals surface area contributed by atoms with E-state index in [-0.39, 0.29) is 6.61 Å².